The average Bonchev–Trinajstić information content (AvgIpc) is 2.64. The van der Waals surface area contributed by atoms with E-state index in [4.69, 9.17) is 4.74 Å². The molecule has 0 unspecified atom stereocenters. The lowest BCUT2D eigenvalue weighted by Crippen LogP contribution is -2.59. The third kappa shape index (κ3) is 2.54. The molecule has 2 rings (SSSR count). The second-order valence-electron chi connectivity index (χ2n) is 3.77. The minimum Gasteiger partial charge on any atom is -0.363 e. The largest absolute Gasteiger partial charge is 0.363 e. The Bertz CT molecular complexity index is 332. The minimum absolute atomic E-state index is 0.0328. The van der Waals surface area contributed by atoms with E-state index in [1.165, 1.54) is 6.26 Å². The van der Waals surface area contributed by atoms with Crippen molar-refractivity contribution in [2.75, 3.05) is 25.0 Å². The van der Waals surface area contributed by atoms with Crippen molar-refractivity contribution in [1.29, 1.82) is 0 Å². The van der Waals surface area contributed by atoms with Crippen LogP contribution in [0.4, 0.5) is 5.82 Å². The highest BCUT2D eigenvalue weighted by atomic mass is 16.5. The maximum absolute atomic E-state index is 11.4. The summed E-state index contributed by atoms with van der Waals surface area (Å²) >= 11 is 0. The molecule has 1 fully saturated rings. The number of amides is 1. The standard InChI is InChI=1S/C9H13N3O3/c1-9(5-10-6-9)14-4-8(13)11-7-2-3-15-12-7/h2-3,10H,4-6H2,1H3,(H,11,12,13). The van der Waals surface area contributed by atoms with E-state index in [2.05, 4.69) is 20.3 Å². The van der Waals surface area contributed by atoms with E-state index in [1.54, 1.807) is 6.07 Å². The van der Waals surface area contributed by atoms with Crippen LogP contribution >= 0.6 is 0 Å². The highest BCUT2D eigenvalue weighted by Crippen LogP contribution is 2.14. The Labute approximate surface area is 87.0 Å². The summed E-state index contributed by atoms with van der Waals surface area (Å²) in [7, 11) is 0. The number of nitrogens with one attached hydrogen (secondary N) is 2. The number of ether oxygens (including phenoxy) is 1. The third-order valence-electron chi connectivity index (χ3n) is 2.25. The first kappa shape index (κ1) is 10.1. The summed E-state index contributed by atoms with van der Waals surface area (Å²) < 4.78 is 10.0. The van der Waals surface area contributed by atoms with Crippen molar-refractivity contribution in [3.63, 3.8) is 0 Å². The number of hydrogen-bond acceptors (Lipinski definition) is 5. The van der Waals surface area contributed by atoms with E-state index in [1.807, 2.05) is 6.92 Å². The summed E-state index contributed by atoms with van der Waals surface area (Å²) in [5, 5.41) is 9.20. The third-order valence-corrected chi connectivity index (χ3v) is 2.25. The molecule has 1 amide bonds. The molecule has 0 bridgehead atoms. The Balaban J connectivity index is 1.73. The monoisotopic (exact) mass is 211 g/mol. The smallest absolute Gasteiger partial charge is 0.251 e. The van der Waals surface area contributed by atoms with Gasteiger partial charge in [-0.3, -0.25) is 4.79 Å². The van der Waals surface area contributed by atoms with Crippen molar-refractivity contribution in [3.8, 4) is 0 Å². The number of rotatable bonds is 4. The number of carbonyl (C=O) groups excluding carboxylic acids is 1. The minimum atomic E-state index is -0.225. The van der Waals surface area contributed by atoms with Gasteiger partial charge < -0.3 is 19.9 Å². The van der Waals surface area contributed by atoms with E-state index in [0.717, 1.165) is 13.1 Å². The van der Waals surface area contributed by atoms with Crippen LogP contribution < -0.4 is 10.6 Å². The zero-order valence-corrected chi connectivity index (χ0v) is 8.45. The lowest BCUT2D eigenvalue weighted by Gasteiger charge is -2.38. The summed E-state index contributed by atoms with van der Waals surface area (Å²) in [6.07, 6.45) is 1.40. The molecule has 1 aromatic rings. The van der Waals surface area contributed by atoms with Crippen LogP contribution in [0.5, 0.6) is 0 Å². The molecule has 1 aliphatic rings. The Kier molecular flexibility index (Phi) is 2.70. The first-order valence-electron chi connectivity index (χ1n) is 4.73. The topological polar surface area (TPSA) is 76.4 Å². The fourth-order valence-corrected chi connectivity index (χ4v) is 1.27. The van der Waals surface area contributed by atoms with Crippen molar-refractivity contribution in [2.45, 2.75) is 12.5 Å². The van der Waals surface area contributed by atoms with Crippen molar-refractivity contribution in [1.82, 2.24) is 10.5 Å². The normalized spacial score (nSPS) is 18.2. The maximum Gasteiger partial charge on any atom is 0.251 e. The van der Waals surface area contributed by atoms with Crippen molar-refractivity contribution in [3.05, 3.63) is 12.3 Å². The molecule has 6 nitrogen and oxygen atoms in total. The molecular formula is C9H13N3O3. The van der Waals surface area contributed by atoms with Crippen LogP contribution in [0.1, 0.15) is 6.92 Å². The lowest BCUT2D eigenvalue weighted by atomic mass is 10.0. The average molecular weight is 211 g/mol. The molecule has 6 heteroatoms. The first-order chi connectivity index (χ1) is 7.18. The zero-order chi connectivity index (χ0) is 10.7. The fourth-order valence-electron chi connectivity index (χ4n) is 1.27. The fraction of sp³-hybridized carbons (Fsp3) is 0.556. The van der Waals surface area contributed by atoms with E-state index >= 15 is 0 Å². The van der Waals surface area contributed by atoms with Gasteiger partial charge in [0.15, 0.2) is 5.82 Å². The predicted molar refractivity (Wildman–Crippen MR) is 52.4 cm³/mol. The van der Waals surface area contributed by atoms with E-state index in [9.17, 15) is 4.79 Å². The summed E-state index contributed by atoms with van der Waals surface area (Å²) in [5.74, 6) is 0.178. The van der Waals surface area contributed by atoms with Gasteiger partial charge in [-0.05, 0) is 6.92 Å². The molecule has 0 atom stereocenters. The second kappa shape index (κ2) is 4.00. The van der Waals surface area contributed by atoms with Crippen LogP contribution in [0.15, 0.2) is 16.9 Å². The van der Waals surface area contributed by atoms with E-state index < -0.39 is 0 Å². The van der Waals surface area contributed by atoms with Gasteiger partial charge in [0.1, 0.15) is 12.9 Å². The van der Waals surface area contributed by atoms with Crippen LogP contribution in [0.3, 0.4) is 0 Å². The van der Waals surface area contributed by atoms with Gasteiger partial charge >= 0.3 is 0 Å². The molecule has 0 saturated carbocycles. The van der Waals surface area contributed by atoms with Crippen LogP contribution in [0, 0.1) is 0 Å². The van der Waals surface area contributed by atoms with Crippen LogP contribution in [-0.2, 0) is 9.53 Å². The number of anilines is 1. The molecular weight excluding hydrogens is 198 g/mol. The molecule has 1 saturated heterocycles. The molecule has 2 heterocycles. The molecule has 0 radical (unpaired) electrons. The number of nitrogens with zero attached hydrogens (tertiary/aromatic N) is 1. The van der Waals surface area contributed by atoms with Gasteiger partial charge in [-0.2, -0.15) is 0 Å². The maximum atomic E-state index is 11.4. The molecule has 0 aliphatic carbocycles. The lowest BCUT2D eigenvalue weighted by molar-refractivity contribution is -0.130. The zero-order valence-electron chi connectivity index (χ0n) is 8.45. The molecule has 1 aromatic heterocycles. The highest BCUT2D eigenvalue weighted by Gasteiger charge is 2.32. The quantitative estimate of drug-likeness (QED) is 0.732. The van der Waals surface area contributed by atoms with Crippen molar-refractivity contribution < 1.29 is 14.1 Å². The predicted octanol–water partition coefficient (Wildman–Crippen LogP) is -0.00840. The van der Waals surface area contributed by atoms with Gasteiger partial charge in [-0.15, -0.1) is 0 Å². The van der Waals surface area contributed by atoms with Crippen LogP contribution in [-0.4, -0.2) is 36.4 Å². The van der Waals surface area contributed by atoms with Gasteiger partial charge in [0.2, 0.25) is 0 Å². The molecule has 0 aromatic carbocycles. The number of hydrogen-bond donors (Lipinski definition) is 2. The summed E-state index contributed by atoms with van der Waals surface area (Å²) in [6.45, 7) is 3.56. The SMILES string of the molecule is CC1(OCC(=O)Nc2ccon2)CNC1. The number of carbonyl (C=O) groups is 1. The van der Waals surface area contributed by atoms with Crippen LogP contribution in [0.25, 0.3) is 0 Å². The van der Waals surface area contributed by atoms with Crippen LogP contribution in [0.2, 0.25) is 0 Å². The van der Waals surface area contributed by atoms with Crippen molar-refractivity contribution in [2.24, 2.45) is 0 Å². The van der Waals surface area contributed by atoms with E-state index in [-0.39, 0.29) is 18.1 Å². The van der Waals surface area contributed by atoms with E-state index in [0.29, 0.717) is 5.82 Å². The Morgan fingerprint density at radius 3 is 3.13 bits per heavy atom. The summed E-state index contributed by atoms with van der Waals surface area (Å²) in [6, 6.07) is 1.57. The molecule has 15 heavy (non-hydrogen) atoms. The Morgan fingerprint density at radius 1 is 1.80 bits per heavy atom. The molecule has 0 spiro atoms. The van der Waals surface area contributed by atoms with Gasteiger partial charge in [-0.25, -0.2) is 0 Å². The van der Waals surface area contributed by atoms with Gasteiger partial charge in [-0.1, -0.05) is 5.16 Å². The van der Waals surface area contributed by atoms with Crippen molar-refractivity contribution >= 4 is 11.7 Å². The van der Waals surface area contributed by atoms with Gasteiger partial charge in [0.05, 0.1) is 5.60 Å². The van der Waals surface area contributed by atoms with Gasteiger partial charge in [0, 0.05) is 19.2 Å². The molecule has 2 N–H and O–H groups in total. The second-order valence-corrected chi connectivity index (χ2v) is 3.77. The number of aromatic nitrogens is 1. The Morgan fingerprint density at radius 2 is 2.60 bits per heavy atom. The van der Waals surface area contributed by atoms with Gasteiger partial charge in [0.25, 0.3) is 5.91 Å². The molecule has 1 aliphatic heterocycles. The summed E-state index contributed by atoms with van der Waals surface area (Å²) in [5.41, 5.74) is -0.207. The molecule has 82 valence electrons. The summed E-state index contributed by atoms with van der Waals surface area (Å²) in [4.78, 5) is 11.4. The first-order valence-corrected chi connectivity index (χ1v) is 4.73. The highest BCUT2D eigenvalue weighted by molar-refractivity contribution is 5.90. The Hall–Kier alpha value is -1.40.